The second kappa shape index (κ2) is 26.0. The molecule has 0 saturated heterocycles. The first-order valence-electron chi connectivity index (χ1n) is 14.3. The van der Waals surface area contributed by atoms with Crippen molar-refractivity contribution >= 4 is 11.9 Å². The molecule has 0 aromatic rings. The minimum atomic E-state index is -0.945. The largest absolute Gasteiger partial charge is 0.481 e. The van der Waals surface area contributed by atoms with Crippen LogP contribution in [0.2, 0.25) is 0 Å². The number of allylic oxidation sites excluding steroid dienone is 2. The number of unbranched alkanes of at least 4 members (excludes halogenated alkanes) is 17. The van der Waals surface area contributed by atoms with Gasteiger partial charge < -0.3 is 9.84 Å². The lowest BCUT2D eigenvalue weighted by Gasteiger charge is -2.13. The van der Waals surface area contributed by atoms with Crippen LogP contribution in [0.15, 0.2) is 24.8 Å². The molecule has 0 spiro atoms. The van der Waals surface area contributed by atoms with Crippen LogP contribution in [-0.4, -0.2) is 23.7 Å². The summed E-state index contributed by atoms with van der Waals surface area (Å²) in [7, 11) is 0. The van der Waals surface area contributed by atoms with Gasteiger partial charge in [-0.2, -0.15) is 0 Å². The Labute approximate surface area is 210 Å². The molecule has 1 N–H and O–H groups in total. The summed E-state index contributed by atoms with van der Waals surface area (Å²) in [6.07, 6.45) is 31.2. The number of esters is 1. The van der Waals surface area contributed by atoms with E-state index in [1.807, 2.05) is 0 Å². The zero-order valence-electron chi connectivity index (χ0n) is 22.2. The topological polar surface area (TPSA) is 63.6 Å². The van der Waals surface area contributed by atoms with Crippen LogP contribution < -0.4 is 0 Å². The molecule has 0 aliphatic heterocycles. The lowest BCUT2D eigenvalue weighted by Crippen LogP contribution is -2.21. The van der Waals surface area contributed by atoms with Crippen molar-refractivity contribution in [1.29, 1.82) is 0 Å². The van der Waals surface area contributed by atoms with Crippen LogP contribution in [0.4, 0.5) is 0 Å². The number of carboxylic acid groups (broad SMARTS) is 1. The number of carbonyl (C=O) groups excluding carboxylic acids is 1. The van der Waals surface area contributed by atoms with Gasteiger partial charge in [0.1, 0.15) is 6.61 Å². The Morgan fingerprint density at radius 3 is 1.62 bits per heavy atom. The number of carbonyl (C=O) groups is 2. The van der Waals surface area contributed by atoms with Crippen molar-refractivity contribution in [3.63, 3.8) is 0 Å². The lowest BCUT2D eigenvalue weighted by atomic mass is 9.97. The highest BCUT2D eigenvalue weighted by Gasteiger charge is 2.22. The fourth-order valence-corrected chi connectivity index (χ4v) is 4.30. The molecule has 4 heteroatoms. The summed E-state index contributed by atoms with van der Waals surface area (Å²) in [5, 5.41) is 9.00. The summed E-state index contributed by atoms with van der Waals surface area (Å²) >= 11 is 0. The van der Waals surface area contributed by atoms with E-state index in [1.165, 1.54) is 109 Å². The van der Waals surface area contributed by atoms with Gasteiger partial charge in [-0.25, -0.2) is 0 Å². The van der Waals surface area contributed by atoms with E-state index < -0.39 is 17.9 Å². The molecule has 0 aromatic heterocycles. The van der Waals surface area contributed by atoms with Crippen LogP contribution in [0.25, 0.3) is 0 Å². The van der Waals surface area contributed by atoms with Gasteiger partial charge in [-0.15, -0.1) is 0 Å². The van der Waals surface area contributed by atoms with Crippen molar-refractivity contribution in [2.24, 2.45) is 5.92 Å². The van der Waals surface area contributed by atoms with E-state index >= 15 is 0 Å². The van der Waals surface area contributed by atoms with Crippen LogP contribution >= 0.6 is 0 Å². The monoisotopic (exact) mass is 478 g/mol. The zero-order valence-corrected chi connectivity index (χ0v) is 22.2. The van der Waals surface area contributed by atoms with Gasteiger partial charge in [-0.1, -0.05) is 128 Å². The van der Waals surface area contributed by atoms with Gasteiger partial charge in [0.2, 0.25) is 0 Å². The first kappa shape index (κ1) is 32.4. The van der Waals surface area contributed by atoms with Crippen molar-refractivity contribution in [1.82, 2.24) is 0 Å². The predicted molar refractivity (Wildman–Crippen MR) is 144 cm³/mol. The van der Waals surface area contributed by atoms with E-state index in [1.54, 1.807) is 0 Å². The fourth-order valence-electron chi connectivity index (χ4n) is 4.30. The van der Waals surface area contributed by atoms with Gasteiger partial charge in [-0.05, 0) is 32.1 Å². The second-order valence-corrected chi connectivity index (χ2v) is 9.71. The van der Waals surface area contributed by atoms with E-state index in [4.69, 9.17) is 9.84 Å². The third kappa shape index (κ3) is 23.6. The van der Waals surface area contributed by atoms with E-state index in [9.17, 15) is 9.59 Å². The fraction of sp³-hybridized carbons (Fsp3) is 0.800. The summed E-state index contributed by atoms with van der Waals surface area (Å²) in [4.78, 5) is 22.9. The second-order valence-electron chi connectivity index (χ2n) is 9.71. The van der Waals surface area contributed by atoms with Crippen molar-refractivity contribution in [3.8, 4) is 0 Å². The SMILES string of the molecule is C=CCOC(=O)C(CCCCCCCCCC/C=C/CCCCCCCCCCC)CC(=O)O. The van der Waals surface area contributed by atoms with Gasteiger partial charge in [0, 0.05) is 0 Å². The van der Waals surface area contributed by atoms with Crippen LogP contribution in [0.1, 0.15) is 142 Å². The molecule has 4 nitrogen and oxygen atoms in total. The van der Waals surface area contributed by atoms with Crippen LogP contribution in [0, 0.1) is 5.92 Å². The average Bonchev–Trinajstić information content (AvgIpc) is 2.82. The highest BCUT2D eigenvalue weighted by Crippen LogP contribution is 2.18. The Hall–Kier alpha value is -1.58. The molecule has 0 saturated carbocycles. The smallest absolute Gasteiger partial charge is 0.309 e. The summed E-state index contributed by atoms with van der Waals surface area (Å²) in [6, 6.07) is 0. The first-order chi connectivity index (χ1) is 16.6. The summed E-state index contributed by atoms with van der Waals surface area (Å²) in [5.41, 5.74) is 0. The van der Waals surface area contributed by atoms with Crippen LogP contribution in [0.3, 0.4) is 0 Å². The van der Waals surface area contributed by atoms with Gasteiger partial charge in [0.05, 0.1) is 12.3 Å². The Morgan fingerprint density at radius 1 is 0.735 bits per heavy atom. The molecule has 0 aromatic carbocycles. The maximum absolute atomic E-state index is 11.9. The Bertz CT molecular complexity index is 512. The molecule has 1 unspecified atom stereocenters. The normalized spacial score (nSPS) is 12.1. The third-order valence-electron chi connectivity index (χ3n) is 6.41. The predicted octanol–water partition coefficient (Wildman–Crippen LogP) is 9.18. The molecule has 34 heavy (non-hydrogen) atoms. The van der Waals surface area contributed by atoms with Gasteiger partial charge in [0.25, 0.3) is 0 Å². The number of hydrogen-bond donors (Lipinski definition) is 1. The summed E-state index contributed by atoms with van der Waals surface area (Å²) < 4.78 is 5.03. The standard InChI is InChI=1S/C30H54O4/c1-3-5-6-7-8-9-10-11-12-13-14-15-16-17-18-19-20-21-22-23-24-25-28(27-29(31)32)30(33)34-26-4-2/h4,14-15,28H,2-3,5-13,16-27H2,1H3,(H,31,32)/b15-14+. The van der Waals surface area contributed by atoms with E-state index in [2.05, 4.69) is 25.7 Å². The van der Waals surface area contributed by atoms with Crippen molar-refractivity contribution in [2.45, 2.75) is 142 Å². The number of aliphatic carboxylic acids is 1. The molecule has 1 atom stereocenters. The van der Waals surface area contributed by atoms with E-state index in [0.717, 1.165) is 19.3 Å². The van der Waals surface area contributed by atoms with Gasteiger partial charge >= 0.3 is 11.9 Å². The minimum Gasteiger partial charge on any atom is -0.481 e. The molecule has 0 fully saturated rings. The van der Waals surface area contributed by atoms with Crippen LogP contribution in [0.5, 0.6) is 0 Å². The molecule has 0 aliphatic carbocycles. The number of ether oxygens (including phenoxy) is 1. The average molecular weight is 479 g/mol. The number of hydrogen-bond acceptors (Lipinski definition) is 3. The maximum atomic E-state index is 11.9. The molecule has 0 amide bonds. The summed E-state index contributed by atoms with van der Waals surface area (Å²) in [5.74, 6) is -1.89. The minimum absolute atomic E-state index is 0.143. The van der Waals surface area contributed by atoms with E-state index in [-0.39, 0.29) is 13.0 Å². The quantitative estimate of drug-likeness (QED) is 0.0764. The molecular formula is C30H54O4. The summed E-state index contributed by atoms with van der Waals surface area (Å²) in [6.45, 7) is 5.93. The maximum Gasteiger partial charge on any atom is 0.309 e. The lowest BCUT2D eigenvalue weighted by molar-refractivity contribution is -0.152. The van der Waals surface area contributed by atoms with Gasteiger partial charge in [-0.3, -0.25) is 9.59 Å². The van der Waals surface area contributed by atoms with Gasteiger partial charge in [0.15, 0.2) is 0 Å². The molecule has 0 aliphatic rings. The number of rotatable bonds is 26. The molecule has 0 rings (SSSR count). The van der Waals surface area contributed by atoms with Crippen molar-refractivity contribution in [2.75, 3.05) is 6.61 Å². The highest BCUT2D eigenvalue weighted by atomic mass is 16.5. The Morgan fingerprint density at radius 2 is 1.18 bits per heavy atom. The van der Waals surface area contributed by atoms with Crippen molar-refractivity contribution in [3.05, 3.63) is 24.8 Å². The Balaban J connectivity index is 3.45. The zero-order chi connectivity index (χ0) is 25.1. The molecule has 198 valence electrons. The van der Waals surface area contributed by atoms with Crippen LogP contribution in [-0.2, 0) is 14.3 Å². The first-order valence-corrected chi connectivity index (χ1v) is 14.3. The molecular weight excluding hydrogens is 424 g/mol. The Kier molecular flexibility index (Phi) is 24.8. The molecule has 0 heterocycles. The number of carboxylic acids is 1. The molecule has 0 bridgehead atoms. The third-order valence-corrected chi connectivity index (χ3v) is 6.41. The van der Waals surface area contributed by atoms with E-state index in [0.29, 0.717) is 6.42 Å². The highest BCUT2D eigenvalue weighted by molar-refractivity contribution is 5.79. The van der Waals surface area contributed by atoms with Crippen molar-refractivity contribution < 1.29 is 19.4 Å². The molecule has 0 radical (unpaired) electrons.